The first-order valence-electron chi connectivity index (χ1n) is 14.6. The highest BCUT2D eigenvalue weighted by atomic mass is 32.2. The van der Waals surface area contributed by atoms with E-state index < -0.39 is 65.3 Å². The van der Waals surface area contributed by atoms with Gasteiger partial charge in [-0.1, -0.05) is 96.8 Å². The van der Waals surface area contributed by atoms with E-state index >= 15 is 0 Å². The minimum absolute atomic E-state index is 0.248. The SMILES string of the molecule is CCCCCCCCCCCCCCCCCC(=O)OC[C@@H](O)CO[C@H]1O[C@H](CS(=O)(=O)O)[C@@H](O)[C@H](O)[C@H]1O. The molecule has 1 rings (SSSR count). The zero-order valence-corrected chi connectivity index (χ0v) is 24.3. The average Bonchev–Trinajstić information content (AvgIpc) is 2.88. The van der Waals surface area contributed by atoms with E-state index in [9.17, 15) is 33.6 Å². The Kier molecular flexibility index (Phi) is 19.4. The van der Waals surface area contributed by atoms with Crippen LogP contribution in [0.25, 0.3) is 0 Å². The number of hydrogen-bond acceptors (Lipinski definition) is 10. The first kappa shape index (κ1) is 36.2. The monoisotopic (exact) mass is 584 g/mol. The highest BCUT2D eigenvalue weighted by molar-refractivity contribution is 7.85. The van der Waals surface area contributed by atoms with Crippen LogP contribution in [-0.2, 0) is 29.1 Å². The van der Waals surface area contributed by atoms with Crippen LogP contribution < -0.4 is 0 Å². The van der Waals surface area contributed by atoms with Crippen LogP contribution in [0.1, 0.15) is 110 Å². The van der Waals surface area contributed by atoms with Crippen LogP contribution in [0.5, 0.6) is 0 Å². The van der Waals surface area contributed by atoms with Gasteiger partial charge < -0.3 is 34.6 Å². The molecule has 39 heavy (non-hydrogen) atoms. The maximum atomic E-state index is 11.9. The van der Waals surface area contributed by atoms with Crippen molar-refractivity contribution in [2.45, 2.75) is 146 Å². The molecule has 5 N–H and O–H groups in total. The molecule has 0 saturated carbocycles. The summed E-state index contributed by atoms with van der Waals surface area (Å²) >= 11 is 0. The van der Waals surface area contributed by atoms with E-state index in [1.807, 2.05) is 0 Å². The second-order valence-electron chi connectivity index (χ2n) is 10.6. The second-order valence-corrected chi connectivity index (χ2v) is 12.1. The van der Waals surface area contributed by atoms with Crippen LogP contribution in [0.15, 0.2) is 0 Å². The van der Waals surface area contributed by atoms with Gasteiger partial charge in [-0.2, -0.15) is 8.42 Å². The van der Waals surface area contributed by atoms with Gasteiger partial charge in [-0.15, -0.1) is 0 Å². The molecular formula is C27H52O11S. The largest absolute Gasteiger partial charge is 0.463 e. The lowest BCUT2D eigenvalue weighted by molar-refractivity contribution is -0.296. The second kappa shape index (κ2) is 20.9. The molecule has 0 aliphatic carbocycles. The first-order chi connectivity index (χ1) is 18.5. The molecule has 0 aromatic rings. The van der Waals surface area contributed by atoms with Crippen molar-refractivity contribution in [1.29, 1.82) is 0 Å². The van der Waals surface area contributed by atoms with E-state index in [4.69, 9.17) is 18.8 Å². The highest BCUT2D eigenvalue weighted by Gasteiger charge is 2.45. The molecule has 232 valence electrons. The van der Waals surface area contributed by atoms with Crippen molar-refractivity contribution in [1.82, 2.24) is 0 Å². The van der Waals surface area contributed by atoms with Gasteiger partial charge >= 0.3 is 5.97 Å². The third-order valence-corrected chi connectivity index (χ3v) is 7.67. The minimum atomic E-state index is -4.53. The lowest BCUT2D eigenvalue weighted by Crippen LogP contribution is -2.60. The predicted octanol–water partition coefficient (Wildman–Crippen LogP) is 2.86. The molecular weight excluding hydrogens is 532 g/mol. The summed E-state index contributed by atoms with van der Waals surface area (Å²) in [6.45, 7) is 1.45. The maximum absolute atomic E-state index is 11.9. The molecule has 1 heterocycles. The van der Waals surface area contributed by atoms with E-state index in [1.54, 1.807) is 0 Å². The fraction of sp³-hybridized carbons (Fsp3) is 0.963. The van der Waals surface area contributed by atoms with Crippen LogP contribution in [0, 0.1) is 0 Å². The van der Waals surface area contributed by atoms with Crippen molar-refractivity contribution in [2.24, 2.45) is 0 Å². The van der Waals surface area contributed by atoms with Gasteiger partial charge in [0, 0.05) is 6.42 Å². The quantitative estimate of drug-likeness (QED) is 0.0677. The summed E-state index contributed by atoms with van der Waals surface area (Å²) in [7, 11) is -4.53. The summed E-state index contributed by atoms with van der Waals surface area (Å²) < 4.78 is 46.4. The number of aliphatic hydroxyl groups is 4. The molecule has 0 amide bonds. The average molecular weight is 585 g/mol. The molecule has 1 fully saturated rings. The Hall–Kier alpha value is -0.860. The molecule has 0 aromatic carbocycles. The molecule has 0 bridgehead atoms. The summed E-state index contributed by atoms with van der Waals surface area (Å²) in [5.74, 6) is -1.46. The van der Waals surface area contributed by atoms with Gasteiger partial charge in [-0.25, -0.2) is 0 Å². The normalized spacial score (nSPS) is 24.5. The molecule has 6 atom stereocenters. The van der Waals surface area contributed by atoms with Crippen molar-refractivity contribution in [3.8, 4) is 0 Å². The van der Waals surface area contributed by atoms with Crippen molar-refractivity contribution in [3.05, 3.63) is 0 Å². The van der Waals surface area contributed by atoms with Crippen LogP contribution >= 0.6 is 0 Å². The molecule has 12 heteroatoms. The topological polar surface area (TPSA) is 180 Å². The van der Waals surface area contributed by atoms with Crippen molar-refractivity contribution in [2.75, 3.05) is 19.0 Å². The van der Waals surface area contributed by atoms with Crippen LogP contribution in [0.4, 0.5) is 0 Å². The Labute approximate surface area is 234 Å². The lowest BCUT2D eigenvalue weighted by Gasteiger charge is -2.40. The van der Waals surface area contributed by atoms with Crippen LogP contribution in [-0.4, -0.2) is 95.1 Å². The lowest BCUT2D eigenvalue weighted by atomic mass is 10.00. The number of unbranched alkanes of at least 4 members (excludes halogenated alkanes) is 14. The van der Waals surface area contributed by atoms with Gasteiger partial charge in [0.15, 0.2) is 6.29 Å². The summed E-state index contributed by atoms with van der Waals surface area (Å²) in [5, 5.41) is 39.7. The Morgan fingerprint density at radius 3 is 1.74 bits per heavy atom. The Morgan fingerprint density at radius 1 is 0.769 bits per heavy atom. The molecule has 0 spiro atoms. The van der Waals surface area contributed by atoms with E-state index in [-0.39, 0.29) is 13.0 Å². The van der Waals surface area contributed by atoms with Crippen molar-refractivity contribution < 1.29 is 52.4 Å². The Balaban J connectivity index is 2.05. The smallest absolute Gasteiger partial charge is 0.305 e. The zero-order valence-electron chi connectivity index (χ0n) is 23.5. The zero-order chi connectivity index (χ0) is 29.1. The number of hydrogen-bond donors (Lipinski definition) is 5. The summed E-state index contributed by atoms with van der Waals surface area (Å²) in [6, 6.07) is 0. The highest BCUT2D eigenvalue weighted by Crippen LogP contribution is 2.23. The molecule has 1 saturated heterocycles. The van der Waals surface area contributed by atoms with Gasteiger partial charge in [-0.05, 0) is 6.42 Å². The molecule has 1 aliphatic heterocycles. The van der Waals surface area contributed by atoms with Gasteiger partial charge in [0.05, 0.1) is 6.61 Å². The van der Waals surface area contributed by atoms with Gasteiger partial charge in [-0.3, -0.25) is 9.35 Å². The Morgan fingerprint density at radius 2 is 1.26 bits per heavy atom. The van der Waals surface area contributed by atoms with Crippen molar-refractivity contribution >= 4 is 16.1 Å². The predicted molar refractivity (Wildman–Crippen MR) is 146 cm³/mol. The van der Waals surface area contributed by atoms with Gasteiger partial charge in [0.2, 0.25) is 0 Å². The fourth-order valence-electron chi connectivity index (χ4n) is 4.56. The summed E-state index contributed by atoms with van der Waals surface area (Å²) in [6.07, 6.45) is 9.05. The molecule has 0 unspecified atom stereocenters. The molecule has 0 radical (unpaired) electrons. The number of carbonyl (C=O) groups excluding carboxylic acids is 1. The Bertz CT molecular complexity index is 733. The van der Waals surface area contributed by atoms with Crippen molar-refractivity contribution in [3.63, 3.8) is 0 Å². The number of esters is 1. The number of carbonyl (C=O) groups is 1. The van der Waals surface area contributed by atoms with Crippen LogP contribution in [0.2, 0.25) is 0 Å². The van der Waals surface area contributed by atoms with Crippen LogP contribution in [0.3, 0.4) is 0 Å². The third-order valence-electron chi connectivity index (χ3n) is 6.92. The molecule has 1 aliphatic rings. The first-order valence-corrected chi connectivity index (χ1v) is 16.3. The number of rotatable bonds is 23. The van der Waals surface area contributed by atoms with Gasteiger partial charge in [0.25, 0.3) is 10.1 Å². The fourth-order valence-corrected chi connectivity index (χ4v) is 5.25. The summed E-state index contributed by atoms with van der Waals surface area (Å²) in [4.78, 5) is 11.9. The van der Waals surface area contributed by atoms with E-state index in [1.165, 1.54) is 70.6 Å². The van der Waals surface area contributed by atoms with Gasteiger partial charge in [0.1, 0.15) is 42.9 Å². The van der Waals surface area contributed by atoms with E-state index in [0.717, 1.165) is 19.3 Å². The standard InChI is InChI=1S/C27H52O11S/c1-2-3-4-5-6-7-8-9-10-11-12-13-14-15-16-17-23(29)36-18-21(28)19-37-27-26(32)25(31)24(30)22(38-27)20-39(33,34)35/h21-22,24-28,30-32H,2-20H2,1H3,(H,33,34,35)/t21-,22-,24-,25+,26-,27+/m1/s1. The number of aliphatic hydroxyl groups excluding tert-OH is 4. The minimum Gasteiger partial charge on any atom is -0.463 e. The molecule has 0 aromatic heterocycles. The van der Waals surface area contributed by atoms with E-state index in [2.05, 4.69) is 6.92 Å². The molecule has 11 nitrogen and oxygen atoms in total. The third kappa shape index (κ3) is 17.5. The van der Waals surface area contributed by atoms with E-state index in [0.29, 0.717) is 6.42 Å². The maximum Gasteiger partial charge on any atom is 0.305 e. The number of ether oxygens (including phenoxy) is 3. The summed E-state index contributed by atoms with van der Waals surface area (Å²) in [5.41, 5.74) is 0.